The maximum absolute atomic E-state index is 13.0. The van der Waals surface area contributed by atoms with Gasteiger partial charge in [-0.25, -0.2) is 8.78 Å². The van der Waals surface area contributed by atoms with E-state index in [0.29, 0.717) is 5.69 Å². The van der Waals surface area contributed by atoms with E-state index in [1.165, 1.54) is 30.3 Å². The first-order valence-corrected chi connectivity index (χ1v) is 6.61. The molecule has 2 aromatic rings. The van der Waals surface area contributed by atoms with E-state index in [1.807, 2.05) is 0 Å². The summed E-state index contributed by atoms with van der Waals surface area (Å²) in [5, 5.41) is 3.64. The number of nitrogens with two attached hydrogens (primary N) is 1. The van der Waals surface area contributed by atoms with Crippen molar-refractivity contribution in [2.24, 2.45) is 0 Å². The number of anilines is 3. The molecule has 0 radical (unpaired) electrons. The van der Waals surface area contributed by atoms with Crippen LogP contribution in [0.2, 0.25) is 15.1 Å². The van der Waals surface area contributed by atoms with Gasteiger partial charge in [0.25, 0.3) is 6.43 Å². The number of hydrogen-bond donors (Lipinski definition) is 2. The predicted octanol–water partition coefficient (Wildman–Crippen LogP) is 5.91. The number of alkyl halides is 2. The molecule has 106 valence electrons. The molecule has 0 bridgehead atoms. The highest BCUT2D eigenvalue weighted by molar-refractivity contribution is 6.44. The van der Waals surface area contributed by atoms with Crippen molar-refractivity contribution in [3.05, 3.63) is 51.0 Å². The van der Waals surface area contributed by atoms with E-state index in [2.05, 4.69) is 5.32 Å². The SMILES string of the molecule is Nc1ccc(Nc2cc(Cl)c(Cl)cc2Cl)c(C(F)F)c1. The number of nitrogens with one attached hydrogen (secondary N) is 1. The molecule has 0 heterocycles. The first-order chi connectivity index (χ1) is 9.38. The molecule has 0 aliphatic carbocycles. The van der Waals surface area contributed by atoms with Crippen molar-refractivity contribution in [1.82, 2.24) is 0 Å². The van der Waals surface area contributed by atoms with Crippen molar-refractivity contribution in [2.45, 2.75) is 6.43 Å². The summed E-state index contributed by atoms with van der Waals surface area (Å²) in [4.78, 5) is 0. The Kier molecular flexibility index (Phi) is 4.58. The number of rotatable bonds is 3. The minimum absolute atomic E-state index is 0.203. The molecule has 0 fully saturated rings. The maximum atomic E-state index is 13.0. The van der Waals surface area contributed by atoms with E-state index >= 15 is 0 Å². The van der Waals surface area contributed by atoms with Crippen molar-refractivity contribution in [3.63, 3.8) is 0 Å². The zero-order chi connectivity index (χ0) is 14.9. The minimum atomic E-state index is -2.66. The highest BCUT2D eigenvalue weighted by Gasteiger charge is 2.15. The van der Waals surface area contributed by atoms with Gasteiger partial charge in [-0.2, -0.15) is 0 Å². The molecule has 20 heavy (non-hydrogen) atoms. The first-order valence-electron chi connectivity index (χ1n) is 5.47. The Morgan fingerprint density at radius 3 is 2.20 bits per heavy atom. The first kappa shape index (κ1) is 15.2. The monoisotopic (exact) mass is 336 g/mol. The largest absolute Gasteiger partial charge is 0.399 e. The van der Waals surface area contributed by atoms with Gasteiger partial charge in [0.1, 0.15) is 0 Å². The molecular weight excluding hydrogens is 329 g/mol. The minimum Gasteiger partial charge on any atom is -0.399 e. The summed E-state index contributed by atoms with van der Waals surface area (Å²) in [5.41, 5.74) is 6.13. The van der Waals surface area contributed by atoms with Crippen molar-refractivity contribution < 1.29 is 8.78 Å². The van der Waals surface area contributed by atoms with Gasteiger partial charge in [-0.05, 0) is 30.3 Å². The summed E-state index contributed by atoms with van der Waals surface area (Å²) in [7, 11) is 0. The van der Waals surface area contributed by atoms with Crippen molar-refractivity contribution in [1.29, 1.82) is 0 Å². The highest BCUT2D eigenvalue weighted by Crippen LogP contribution is 2.36. The number of benzene rings is 2. The fourth-order valence-electron chi connectivity index (χ4n) is 1.64. The van der Waals surface area contributed by atoms with Gasteiger partial charge in [0.2, 0.25) is 0 Å². The Labute approximate surface area is 129 Å². The number of halogens is 5. The van der Waals surface area contributed by atoms with E-state index in [4.69, 9.17) is 40.5 Å². The zero-order valence-corrected chi connectivity index (χ0v) is 12.2. The molecule has 0 saturated carbocycles. The van der Waals surface area contributed by atoms with Gasteiger partial charge in [0.05, 0.1) is 20.8 Å². The molecule has 0 unspecified atom stereocenters. The fraction of sp³-hybridized carbons (Fsp3) is 0.0769. The molecule has 0 amide bonds. The van der Waals surface area contributed by atoms with Gasteiger partial charge < -0.3 is 11.1 Å². The Balaban J connectivity index is 2.42. The summed E-state index contributed by atoms with van der Waals surface area (Å²) in [6, 6.07) is 7.08. The summed E-state index contributed by atoms with van der Waals surface area (Å²) in [6.45, 7) is 0. The molecule has 0 spiro atoms. The van der Waals surface area contributed by atoms with Gasteiger partial charge in [-0.3, -0.25) is 0 Å². The zero-order valence-electron chi connectivity index (χ0n) is 9.93. The Morgan fingerprint density at radius 2 is 1.55 bits per heavy atom. The van der Waals surface area contributed by atoms with Crippen LogP contribution in [0.3, 0.4) is 0 Å². The second-order valence-electron chi connectivity index (χ2n) is 4.02. The summed E-state index contributed by atoms with van der Waals surface area (Å²) in [6.07, 6.45) is -2.66. The molecule has 0 atom stereocenters. The number of hydrogen-bond acceptors (Lipinski definition) is 2. The van der Waals surface area contributed by atoms with E-state index in [0.717, 1.165) is 0 Å². The van der Waals surface area contributed by atoms with E-state index in [1.54, 1.807) is 0 Å². The average Bonchev–Trinajstić information content (AvgIpc) is 2.37. The smallest absolute Gasteiger partial charge is 0.265 e. The van der Waals surface area contributed by atoms with Gasteiger partial charge in [0, 0.05) is 16.9 Å². The topological polar surface area (TPSA) is 38.0 Å². The van der Waals surface area contributed by atoms with Gasteiger partial charge in [0.15, 0.2) is 0 Å². The molecule has 0 aliphatic rings. The van der Waals surface area contributed by atoms with Crippen LogP contribution in [0, 0.1) is 0 Å². The third-order valence-electron chi connectivity index (χ3n) is 2.59. The Bertz CT molecular complexity index is 648. The maximum Gasteiger partial charge on any atom is 0.265 e. The van der Waals surface area contributed by atoms with Crippen LogP contribution in [0.1, 0.15) is 12.0 Å². The molecule has 3 N–H and O–H groups in total. The van der Waals surface area contributed by atoms with Gasteiger partial charge in [-0.1, -0.05) is 34.8 Å². The van der Waals surface area contributed by atoms with E-state index < -0.39 is 6.43 Å². The highest BCUT2D eigenvalue weighted by atomic mass is 35.5. The van der Waals surface area contributed by atoms with Crippen LogP contribution in [0.25, 0.3) is 0 Å². The van der Waals surface area contributed by atoms with Crippen LogP contribution < -0.4 is 11.1 Å². The third-order valence-corrected chi connectivity index (χ3v) is 3.62. The average molecular weight is 338 g/mol. The summed E-state index contributed by atoms with van der Waals surface area (Å²) in [5.74, 6) is 0. The molecule has 7 heteroatoms. The summed E-state index contributed by atoms with van der Waals surface area (Å²) < 4.78 is 26.0. The summed E-state index contributed by atoms with van der Waals surface area (Å²) >= 11 is 17.7. The fourth-order valence-corrected chi connectivity index (χ4v) is 2.23. The van der Waals surface area contributed by atoms with Crippen LogP contribution in [0.15, 0.2) is 30.3 Å². The molecule has 0 aliphatic heterocycles. The number of nitrogen functional groups attached to an aromatic ring is 1. The van der Waals surface area contributed by atoms with Crippen molar-refractivity contribution in [3.8, 4) is 0 Å². The quantitative estimate of drug-likeness (QED) is 0.539. The lowest BCUT2D eigenvalue weighted by Crippen LogP contribution is -1.99. The molecular formula is C13H9Cl3F2N2. The van der Waals surface area contributed by atoms with Crippen molar-refractivity contribution >= 4 is 51.9 Å². The van der Waals surface area contributed by atoms with Crippen LogP contribution >= 0.6 is 34.8 Å². The van der Waals surface area contributed by atoms with Crippen LogP contribution in [-0.4, -0.2) is 0 Å². The predicted molar refractivity (Wildman–Crippen MR) is 80.6 cm³/mol. The van der Waals surface area contributed by atoms with E-state index in [-0.39, 0.29) is 32.0 Å². The Morgan fingerprint density at radius 1 is 0.900 bits per heavy atom. The molecule has 2 aromatic carbocycles. The second-order valence-corrected chi connectivity index (χ2v) is 5.24. The van der Waals surface area contributed by atoms with Crippen molar-refractivity contribution in [2.75, 3.05) is 11.1 Å². The lowest BCUT2D eigenvalue weighted by atomic mass is 10.1. The molecule has 0 aromatic heterocycles. The Hall–Kier alpha value is -1.23. The molecule has 2 rings (SSSR count). The normalized spacial score (nSPS) is 10.9. The third kappa shape index (κ3) is 3.26. The van der Waals surface area contributed by atoms with Crippen LogP contribution in [-0.2, 0) is 0 Å². The van der Waals surface area contributed by atoms with Crippen LogP contribution in [0.4, 0.5) is 25.8 Å². The lowest BCUT2D eigenvalue weighted by Gasteiger charge is -2.14. The molecule has 2 nitrogen and oxygen atoms in total. The van der Waals surface area contributed by atoms with E-state index in [9.17, 15) is 8.78 Å². The lowest BCUT2D eigenvalue weighted by molar-refractivity contribution is 0.152. The van der Waals surface area contributed by atoms with Crippen LogP contribution in [0.5, 0.6) is 0 Å². The van der Waals surface area contributed by atoms with Gasteiger partial charge in [-0.15, -0.1) is 0 Å². The second kappa shape index (κ2) is 6.04. The standard InChI is InChI=1S/C13H9Cl3F2N2/c14-8-4-10(16)12(5-9(8)15)20-11-2-1-6(19)3-7(11)13(17)18/h1-5,13,20H,19H2. The van der Waals surface area contributed by atoms with Gasteiger partial charge >= 0.3 is 0 Å². The molecule has 0 saturated heterocycles.